The Morgan fingerprint density at radius 2 is 1.73 bits per heavy atom. The number of hydrogen-bond donors (Lipinski definition) is 3. The van der Waals surface area contributed by atoms with Gasteiger partial charge in [0.1, 0.15) is 4.88 Å². The molecule has 0 fully saturated rings. The number of nitrogens with one attached hydrogen (secondary N) is 3. The molecule has 132 valence electrons. The van der Waals surface area contributed by atoms with Crippen LogP contribution in [0, 0.1) is 0 Å². The van der Waals surface area contributed by atoms with Crippen molar-refractivity contribution < 1.29 is 9.59 Å². The van der Waals surface area contributed by atoms with Crippen LogP contribution < -0.4 is 16.2 Å². The molecule has 0 spiro atoms. The second kappa shape index (κ2) is 8.01. The monoisotopic (exact) mass is 423 g/mol. The number of fused-ring (bicyclic) bond motifs is 1. The highest BCUT2D eigenvalue weighted by Crippen LogP contribution is 2.34. The molecule has 0 aliphatic rings. The second-order valence-corrected chi connectivity index (χ2v) is 7.39. The van der Waals surface area contributed by atoms with Gasteiger partial charge >= 0.3 is 0 Å². The third-order valence-corrected chi connectivity index (χ3v) is 5.46. The van der Waals surface area contributed by atoms with Crippen molar-refractivity contribution in [3.05, 3.63) is 69.0 Å². The third kappa shape index (κ3) is 4.13. The molecule has 0 atom stereocenters. The topological polar surface area (TPSA) is 70.2 Å². The number of rotatable bonds is 2. The molecule has 2 amide bonds. The van der Waals surface area contributed by atoms with E-state index in [4.69, 9.17) is 35.4 Å². The Labute approximate surface area is 168 Å². The van der Waals surface area contributed by atoms with Crippen molar-refractivity contribution in [2.45, 2.75) is 0 Å². The van der Waals surface area contributed by atoms with Gasteiger partial charge < -0.3 is 0 Å². The Balaban J connectivity index is 1.61. The van der Waals surface area contributed by atoms with Gasteiger partial charge in [-0.15, -0.1) is 11.3 Å². The zero-order valence-electron chi connectivity index (χ0n) is 13.0. The maximum absolute atomic E-state index is 12.3. The van der Waals surface area contributed by atoms with E-state index in [-0.39, 0.29) is 5.11 Å². The lowest BCUT2D eigenvalue weighted by Gasteiger charge is -2.10. The molecule has 0 bridgehead atoms. The van der Waals surface area contributed by atoms with Gasteiger partial charge in [0, 0.05) is 20.7 Å². The first-order valence-electron chi connectivity index (χ1n) is 7.30. The highest BCUT2D eigenvalue weighted by atomic mass is 35.5. The molecule has 0 radical (unpaired) electrons. The SMILES string of the molecule is O=C(NC(=S)NNC(=O)c1sc2ccccc2c1Cl)c1cccc(Cl)c1. The molecule has 2 aromatic carbocycles. The molecule has 3 N–H and O–H groups in total. The van der Waals surface area contributed by atoms with Crippen molar-refractivity contribution in [3.63, 3.8) is 0 Å². The van der Waals surface area contributed by atoms with Crippen LogP contribution in [0.15, 0.2) is 48.5 Å². The lowest BCUT2D eigenvalue weighted by Crippen LogP contribution is -2.48. The minimum Gasteiger partial charge on any atom is -0.298 e. The van der Waals surface area contributed by atoms with Crippen molar-refractivity contribution in [1.29, 1.82) is 0 Å². The van der Waals surface area contributed by atoms with Crippen LogP contribution in [-0.4, -0.2) is 16.9 Å². The maximum atomic E-state index is 12.3. The summed E-state index contributed by atoms with van der Waals surface area (Å²) in [6.07, 6.45) is 0. The number of amides is 2. The summed E-state index contributed by atoms with van der Waals surface area (Å²) in [5.41, 5.74) is 5.25. The molecule has 3 aromatic rings. The lowest BCUT2D eigenvalue weighted by atomic mass is 10.2. The zero-order chi connectivity index (χ0) is 18.7. The molecule has 0 aliphatic heterocycles. The Morgan fingerprint density at radius 1 is 0.962 bits per heavy atom. The third-order valence-electron chi connectivity index (χ3n) is 3.34. The van der Waals surface area contributed by atoms with E-state index in [2.05, 4.69) is 16.2 Å². The lowest BCUT2D eigenvalue weighted by molar-refractivity contribution is 0.0938. The molecule has 0 unspecified atom stereocenters. The summed E-state index contributed by atoms with van der Waals surface area (Å²) >= 11 is 18.4. The fourth-order valence-electron chi connectivity index (χ4n) is 2.17. The normalized spacial score (nSPS) is 10.4. The highest BCUT2D eigenvalue weighted by molar-refractivity contribution is 7.80. The van der Waals surface area contributed by atoms with Gasteiger partial charge in [0.25, 0.3) is 11.8 Å². The number of benzene rings is 2. The Morgan fingerprint density at radius 3 is 2.46 bits per heavy atom. The van der Waals surface area contributed by atoms with Crippen LogP contribution in [0.5, 0.6) is 0 Å². The quantitative estimate of drug-likeness (QED) is 0.427. The van der Waals surface area contributed by atoms with E-state index in [1.807, 2.05) is 24.3 Å². The molecule has 1 heterocycles. The van der Waals surface area contributed by atoms with Crippen LogP contribution in [0.25, 0.3) is 10.1 Å². The summed E-state index contributed by atoms with van der Waals surface area (Å²) in [5, 5.41) is 4.01. The number of carbonyl (C=O) groups excluding carboxylic acids is 2. The molecule has 5 nitrogen and oxygen atoms in total. The van der Waals surface area contributed by atoms with E-state index in [0.29, 0.717) is 20.5 Å². The van der Waals surface area contributed by atoms with Crippen molar-refractivity contribution in [2.24, 2.45) is 0 Å². The fourth-order valence-corrected chi connectivity index (χ4v) is 3.91. The first kappa shape index (κ1) is 18.6. The van der Waals surface area contributed by atoms with Gasteiger partial charge in [-0.1, -0.05) is 47.5 Å². The first-order valence-corrected chi connectivity index (χ1v) is 9.28. The van der Waals surface area contributed by atoms with Crippen LogP contribution in [-0.2, 0) is 0 Å². The second-order valence-electron chi connectivity index (χ2n) is 5.11. The number of thiocarbonyl (C=S) groups is 1. The van der Waals surface area contributed by atoms with Gasteiger partial charge in [-0.3, -0.25) is 25.8 Å². The van der Waals surface area contributed by atoms with Crippen LogP contribution >= 0.6 is 46.8 Å². The van der Waals surface area contributed by atoms with E-state index in [9.17, 15) is 9.59 Å². The minimum absolute atomic E-state index is 0.0550. The molecule has 0 saturated carbocycles. The van der Waals surface area contributed by atoms with Gasteiger partial charge in [-0.05, 0) is 36.5 Å². The van der Waals surface area contributed by atoms with E-state index < -0.39 is 11.8 Å². The largest absolute Gasteiger partial charge is 0.298 e. The number of hydrazine groups is 1. The maximum Gasteiger partial charge on any atom is 0.281 e. The van der Waals surface area contributed by atoms with Crippen LogP contribution in [0.1, 0.15) is 20.0 Å². The van der Waals surface area contributed by atoms with Crippen LogP contribution in [0.4, 0.5) is 0 Å². The van der Waals surface area contributed by atoms with Crippen molar-refractivity contribution >= 4 is 73.8 Å². The predicted octanol–water partition coefficient (Wildman–Crippen LogP) is 4.16. The van der Waals surface area contributed by atoms with Gasteiger partial charge in [-0.2, -0.15) is 0 Å². The summed E-state index contributed by atoms with van der Waals surface area (Å²) in [7, 11) is 0. The molecule has 0 saturated heterocycles. The molecule has 26 heavy (non-hydrogen) atoms. The molecule has 1 aromatic heterocycles. The average Bonchev–Trinajstić information content (AvgIpc) is 2.97. The smallest absolute Gasteiger partial charge is 0.281 e. The van der Waals surface area contributed by atoms with Crippen molar-refractivity contribution in [2.75, 3.05) is 0 Å². The molecule has 0 aliphatic carbocycles. The molecule has 3 rings (SSSR count). The number of thiophene rings is 1. The molecular formula is C17H11Cl2N3O2S2. The average molecular weight is 424 g/mol. The van der Waals surface area contributed by atoms with Crippen LogP contribution in [0.2, 0.25) is 10.0 Å². The number of carbonyl (C=O) groups is 2. The molecular weight excluding hydrogens is 413 g/mol. The Kier molecular flexibility index (Phi) is 5.73. The van der Waals surface area contributed by atoms with Crippen molar-refractivity contribution in [3.8, 4) is 0 Å². The summed E-state index contributed by atoms with van der Waals surface area (Å²) in [6.45, 7) is 0. The predicted molar refractivity (Wildman–Crippen MR) is 109 cm³/mol. The zero-order valence-corrected chi connectivity index (χ0v) is 16.2. The summed E-state index contributed by atoms with van der Waals surface area (Å²) in [5.74, 6) is -0.894. The van der Waals surface area contributed by atoms with E-state index >= 15 is 0 Å². The van der Waals surface area contributed by atoms with E-state index in [1.54, 1.807) is 18.2 Å². The number of hydrogen-bond acceptors (Lipinski definition) is 4. The summed E-state index contributed by atoms with van der Waals surface area (Å²) in [4.78, 5) is 24.7. The van der Waals surface area contributed by atoms with Crippen molar-refractivity contribution in [1.82, 2.24) is 16.2 Å². The Hall–Kier alpha value is -2.19. The van der Waals surface area contributed by atoms with Gasteiger partial charge in [0.15, 0.2) is 5.11 Å². The van der Waals surface area contributed by atoms with Gasteiger partial charge in [0.2, 0.25) is 0 Å². The Bertz CT molecular complexity index is 1020. The highest BCUT2D eigenvalue weighted by Gasteiger charge is 2.17. The molecule has 9 heteroatoms. The van der Waals surface area contributed by atoms with Gasteiger partial charge in [0.05, 0.1) is 5.02 Å². The fraction of sp³-hybridized carbons (Fsp3) is 0. The van der Waals surface area contributed by atoms with Crippen LogP contribution in [0.3, 0.4) is 0 Å². The summed E-state index contributed by atoms with van der Waals surface area (Å²) in [6, 6.07) is 13.9. The minimum atomic E-state index is -0.449. The first-order chi connectivity index (χ1) is 12.5. The van der Waals surface area contributed by atoms with Gasteiger partial charge in [-0.25, -0.2) is 0 Å². The number of halogens is 2. The van der Waals surface area contributed by atoms with E-state index in [0.717, 1.165) is 10.1 Å². The van der Waals surface area contributed by atoms with E-state index in [1.165, 1.54) is 17.4 Å². The standard InChI is InChI=1S/C17H11Cl2N3O2S2/c18-10-5-3-4-9(8-10)15(23)20-17(25)22-21-16(24)14-13(19)11-6-1-2-7-12(11)26-14/h1-8H,(H,21,24)(H2,20,22,23,25). The summed E-state index contributed by atoms with van der Waals surface area (Å²) < 4.78 is 0.902.